The molecule has 0 bridgehead atoms. The van der Waals surface area contributed by atoms with E-state index in [0.717, 1.165) is 25.7 Å². The highest BCUT2D eigenvalue weighted by atomic mass is 79.9. The number of ether oxygens (including phenoxy) is 2. The van der Waals surface area contributed by atoms with Gasteiger partial charge in [-0.2, -0.15) is 0 Å². The highest BCUT2D eigenvalue weighted by molar-refractivity contribution is 9.10. The Morgan fingerprint density at radius 1 is 1.36 bits per heavy atom. The first-order valence-corrected chi connectivity index (χ1v) is 9.21. The Morgan fingerprint density at radius 2 is 2.05 bits per heavy atom. The molecule has 1 aromatic carbocycles. The van der Waals surface area contributed by atoms with Crippen LogP contribution in [0.25, 0.3) is 0 Å². The van der Waals surface area contributed by atoms with Crippen molar-refractivity contribution in [3.63, 3.8) is 0 Å². The van der Waals surface area contributed by atoms with Crippen LogP contribution in [0.15, 0.2) is 27.6 Å². The molecule has 1 saturated carbocycles. The lowest BCUT2D eigenvalue weighted by atomic mass is 10.3. The van der Waals surface area contributed by atoms with Crippen molar-refractivity contribution >= 4 is 31.9 Å². The molecule has 0 aromatic heterocycles. The van der Waals surface area contributed by atoms with Crippen LogP contribution in [0.5, 0.6) is 5.75 Å². The van der Waals surface area contributed by atoms with Gasteiger partial charge in [-0.1, -0.05) is 12.8 Å². The Bertz CT molecular complexity index is 641. The van der Waals surface area contributed by atoms with Crippen LogP contribution in [0.1, 0.15) is 25.7 Å². The van der Waals surface area contributed by atoms with Crippen molar-refractivity contribution in [1.82, 2.24) is 4.72 Å². The smallest absolute Gasteiger partial charge is 0.343 e. The van der Waals surface area contributed by atoms with Gasteiger partial charge < -0.3 is 9.47 Å². The van der Waals surface area contributed by atoms with E-state index in [9.17, 15) is 13.2 Å². The van der Waals surface area contributed by atoms with Crippen molar-refractivity contribution in [3.05, 3.63) is 22.7 Å². The second kappa shape index (κ2) is 7.43. The van der Waals surface area contributed by atoms with Gasteiger partial charge in [0.2, 0.25) is 10.0 Å². The molecule has 6 nitrogen and oxygen atoms in total. The number of sulfonamides is 1. The number of hydrogen-bond donors (Lipinski definition) is 1. The van der Waals surface area contributed by atoms with Gasteiger partial charge in [-0.05, 0) is 47.0 Å². The van der Waals surface area contributed by atoms with Gasteiger partial charge in [0.1, 0.15) is 5.75 Å². The van der Waals surface area contributed by atoms with Gasteiger partial charge in [-0.15, -0.1) is 0 Å². The van der Waals surface area contributed by atoms with Crippen molar-refractivity contribution in [2.75, 3.05) is 13.7 Å². The largest absolute Gasteiger partial charge is 0.481 e. The number of hydrogen-bond acceptors (Lipinski definition) is 5. The predicted molar refractivity (Wildman–Crippen MR) is 84.2 cm³/mol. The maximum Gasteiger partial charge on any atom is 0.343 e. The summed E-state index contributed by atoms with van der Waals surface area (Å²) in [7, 11) is -2.28. The Balaban J connectivity index is 2.08. The van der Waals surface area contributed by atoms with E-state index < -0.39 is 16.0 Å². The summed E-state index contributed by atoms with van der Waals surface area (Å²) in [5, 5.41) is 0. The van der Waals surface area contributed by atoms with Crippen LogP contribution in [-0.2, 0) is 19.6 Å². The van der Waals surface area contributed by atoms with Crippen LogP contribution in [0.2, 0.25) is 0 Å². The van der Waals surface area contributed by atoms with Crippen LogP contribution in [0.4, 0.5) is 0 Å². The zero-order chi connectivity index (χ0) is 16.2. The van der Waals surface area contributed by atoms with Crippen LogP contribution in [0.3, 0.4) is 0 Å². The molecule has 1 fully saturated rings. The lowest BCUT2D eigenvalue weighted by Gasteiger charge is -2.14. The second-order valence-electron chi connectivity index (χ2n) is 5.06. The van der Waals surface area contributed by atoms with E-state index in [1.165, 1.54) is 25.3 Å². The first-order valence-electron chi connectivity index (χ1n) is 6.94. The van der Waals surface area contributed by atoms with Crippen molar-refractivity contribution in [2.45, 2.75) is 36.6 Å². The molecule has 1 aromatic rings. The van der Waals surface area contributed by atoms with E-state index in [-0.39, 0.29) is 17.5 Å². The molecular weight excluding hydrogens is 374 g/mol. The van der Waals surface area contributed by atoms with Gasteiger partial charge in [-0.3, -0.25) is 0 Å². The molecule has 0 saturated heterocycles. The Kier molecular flexibility index (Phi) is 5.82. The number of benzene rings is 1. The van der Waals surface area contributed by atoms with Crippen LogP contribution < -0.4 is 9.46 Å². The molecule has 0 spiro atoms. The molecule has 1 N–H and O–H groups in total. The van der Waals surface area contributed by atoms with Crippen molar-refractivity contribution in [3.8, 4) is 5.75 Å². The van der Waals surface area contributed by atoms with E-state index in [1.807, 2.05) is 0 Å². The van der Waals surface area contributed by atoms with Crippen LogP contribution in [0, 0.1) is 0 Å². The predicted octanol–water partition coefficient (Wildman–Crippen LogP) is 2.22. The average Bonchev–Trinajstić information content (AvgIpc) is 2.97. The summed E-state index contributed by atoms with van der Waals surface area (Å²) in [6.07, 6.45) is 3.86. The van der Waals surface area contributed by atoms with Gasteiger partial charge >= 0.3 is 5.97 Å². The number of nitrogens with one attached hydrogen (secondary N) is 1. The van der Waals surface area contributed by atoms with Crippen molar-refractivity contribution in [2.24, 2.45) is 0 Å². The van der Waals surface area contributed by atoms with E-state index >= 15 is 0 Å². The molecule has 0 radical (unpaired) electrons. The van der Waals surface area contributed by atoms with Crippen LogP contribution in [-0.4, -0.2) is 34.1 Å². The Hall–Kier alpha value is -1.12. The standard InChI is InChI=1S/C14H18BrNO5S/c1-20-14(17)9-21-13-7-6-11(8-12(13)15)22(18,19)16-10-4-2-3-5-10/h6-8,10,16H,2-5,9H2,1H3. The molecule has 0 amide bonds. The van der Waals surface area contributed by atoms with E-state index in [2.05, 4.69) is 25.4 Å². The summed E-state index contributed by atoms with van der Waals surface area (Å²) in [6, 6.07) is 4.44. The zero-order valence-electron chi connectivity index (χ0n) is 12.2. The maximum absolute atomic E-state index is 12.3. The van der Waals surface area contributed by atoms with E-state index in [1.54, 1.807) is 0 Å². The summed E-state index contributed by atoms with van der Waals surface area (Å²) >= 11 is 3.26. The fraction of sp³-hybridized carbons (Fsp3) is 0.500. The SMILES string of the molecule is COC(=O)COc1ccc(S(=O)(=O)NC2CCCC2)cc1Br. The molecule has 1 aliphatic carbocycles. The normalized spacial score (nSPS) is 15.7. The Morgan fingerprint density at radius 3 is 2.64 bits per heavy atom. The van der Waals surface area contributed by atoms with Crippen molar-refractivity contribution in [1.29, 1.82) is 0 Å². The molecule has 0 atom stereocenters. The molecule has 8 heteroatoms. The third kappa shape index (κ3) is 4.44. The monoisotopic (exact) mass is 391 g/mol. The molecule has 1 aliphatic rings. The lowest BCUT2D eigenvalue weighted by Crippen LogP contribution is -2.32. The summed E-state index contributed by atoms with van der Waals surface area (Å²) < 4.78 is 37.5. The van der Waals surface area contributed by atoms with Crippen LogP contribution >= 0.6 is 15.9 Å². The third-order valence-corrected chi connectivity index (χ3v) is 5.60. The number of rotatable bonds is 6. The minimum Gasteiger partial charge on any atom is -0.481 e. The fourth-order valence-corrected chi connectivity index (χ4v) is 4.27. The molecule has 0 unspecified atom stereocenters. The number of carbonyl (C=O) groups excluding carboxylic acids is 1. The van der Waals surface area contributed by atoms with Crippen molar-refractivity contribution < 1.29 is 22.7 Å². The lowest BCUT2D eigenvalue weighted by molar-refractivity contribution is -0.142. The Labute approximate surface area is 138 Å². The molecule has 122 valence electrons. The highest BCUT2D eigenvalue weighted by Gasteiger charge is 2.23. The maximum atomic E-state index is 12.3. The zero-order valence-corrected chi connectivity index (χ0v) is 14.6. The summed E-state index contributed by atoms with van der Waals surface area (Å²) in [6.45, 7) is -0.235. The number of esters is 1. The second-order valence-corrected chi connectivity index (χ2v) is 7.63. The van der Waals surface area contributed by atoms with Gasteiger partial charge in [0.15, 0.2) is 6.61 Å². The summed E-state index contributed by atoms with van der Waals surface area (Å²) in [4.78, 5) is 11.2. The topological polar surface area (TPSA) is 81.7 Å². The van der Waals surface area contributed by atoms with Gasteiger partial charge in [0.25, 0.3) is 0 Å². The number of methoxy groups -OCH3 is 1. The van der Waals surface area contributed by atoms with Gasteiger partial charge in [0, 0.05) is 6.04 Å². The first-order chi connectivity index (χ1) is 10.4. The molecule has 2 rings (SSSR count). The van der Waals surface area contributed by atoms with Gasteiger partial charge in [-0.25, -0.2) is 17.9 Å². The summed E-state index contributed by atoms with van der Waals surface area (Å²) in [5.74, 6) is -0.128. The average molecular weight is 392 g/mol. The minimum absolute atomic E-state index is 0.0130. The summed E-state index contributed by atoms with van der Waals surface area (Å²) in [5.41, 5.74) is 0. The quantitative estimate of drug-likeness (QED) is 0.751. The fourth-order valence-electron chi connectivity index (χ4n) is 2.29. The highest BCUT2D eigenvalue weighted by Crippen LogP contribution is 2.28. The van der Waals surface area contributed by atoms with E-state index in [0.29, 0.717) is 10.2 Å². The molecule has 0 heterocycles. The van der Waals surface area contributed by atoms with Gasteiger partial charge in [0.05, 0.1) is 16.5 Å². The number of carbonyl (C=O) groups is 1. The molecule has 22 heavy (non-hydrogen) atoms. The third-order valence-electron chi connectivity index (χ3n) is 3.46. The molecular formula is C14H18BrNO5S. The minimum atomic E-state index is -3.55. The van der Waals surface area contributed by atoms with E-state index in [4.69, 9.17) is 4.74 Å². The number of halogens is 1. The first kappa shape index (κ1) is 17.2. The molecule has 0 aliphatic heterocycles.